The van der Waals surface area contributed by atoms with Crippen molar-refractivity contribution in [1.82, 2.24) is 14.5 Å². The molecule has 0 bridgehead atoms. The zero-order valence-corrected chi connectivity index (χ0v) is 16.3. The SMILES string of the molecule is Cc1ccc(-c2ccc3c(c2)nc2n3CCN(C3CCCCC3)CC2)cc1. The van der Waals surface area contributed by atoms with Gasteiger partial charge in [0.15, 0.2) is 0 Å². The van der Waals surface area contributed by atoms with Crippen LogP contribution >= 0.6 is 0 Å². The van der Waals surface area contributed by atoms with Crippen LogP contribution in [-0.2, 0) is 13.0 Å². The zero-order valence-electron chi connectivity index (χ0n) is 16.3. The Morgan fingerprint density at radius 3 is 2.44 bits per heavy atom. The van der Waals surface area contributed by atoms with Gasteiger partial charge in [-0.05, 0) is 43.0 Å². The van der Waals surface area contributed by atoms with Crippen LogP contribution in [0.5, 0.6) is 0 Å². The van der Waals surface area contributed by atoms with Crippen LogP contribution in [0.4, 0.5) is 0 Å². The molecule has 27 heavy (non-hydrogen) atoms. The molecule has 0 amide bonds. The molecule has 1 aliphatic carbocycles. The molecule has 1 aromatic heterocycles. The quantitative estimate of drug-likeness (QED) is 0.627. The van der Waals surface area contributed by atoms with Crippen molar-refractivity contribution >= 4 is 11.0 Å². The molecule has 0 radical (unpaired) electrons. The highest BCUT2D eigenvalue weighted by Crippen LogP contribution is 2.28. The van der Waals surface area contributed by atoms with Gasteiger partial charge in [-0.2, -0.15) is 0 Å². The molecule has 3 aromatic rings. The minimum atomic E-state index is 0.808. The van der Waals surface area contributed by atoms with Crippen molar-refractivity contribution in [3.8, 4) is 11.1 Å². The Labute approximate surface area is 162 Å². The van der Waals surface area contributed by atoms with E-state index in [-0.39, 0.29) is 0 Å². The third-order valence-corrected chi connectivity index (χ3v) is 6.54. The first-order valence-electron chi connectivity index (χ1n) is 10.6. The van der Waals surface area contributed by atoms with Crippen molar-refractivity contribution < 1.29 is 0 Å². The lowest BCUT2D eigenvalue weighted by molar-refractivity contribution is 0.159. The Balaban J connectivity index is 1.41. The number of aromatic nitrogens is 2. The van der Waals surface area contributed by atoms with E-state index in [9.17, 15) is 0 Å². The van der Waals surface area contributed by atoms with Gasteiger partial charge in [0.1, 0.15) is 5.82 Å². The van der Waals surface area contributed by atoms with E-state index in [1.807, 2.05) is 0 Å². The van der Waals surface area contributed by atoms with E-state index >= 15 is 0 Å². The maximum Gasteiger partial charge on any atom is 0.111 e. The normalized spacial score (nSPS) is 19.1. The van der Waals surface area contributed by atoms with Crippen LogP contribution in [0.1, 0.15) is 43.5 Å². The number of fused-ring (bicyclic) bond motifs is 3. The number of hydrogen-bond acceptors (Lipinski definition) is 2. The lowest BCUT2D eigenvalue weighted by Gasteiger charge is -2.33. The standard InChI is InChI=1S/C24H29N3/c1-18-7-9-19(10-8-18)20-11-12-23-22(17-20)25-24-13-14-26(15-16-27(23)24)21-5-3-2-4-6-21/h7-12,17,21H,2-6,13-16H2,1H3. The third kappa shape index (κ3) is 3.29. The van der Waals surface area contributed by atoms with Crippen LogP contribution in [0, 0.1) is 6.92 Å². The van der Waals surface area contributed by atoms with E-state index in [0.29, 0.717) is 0 Å². The van der Waals surface area contributed by atoms with E-state index in [1.54, 1.807) is 0 Å². The fraction of sp³-hybridized carbons (Fsp3) is 0.458. The van der Waals surface area contributed by atoms with E-state index in [2.05, 4.69) is 58.9 Å². The van der Waals surface area contributed by atoms with Gasteiger partial charge in [0, 0.05) is 32.1 Å². The summed E-state index contributed by atoms with van der Waals surface area (Å²) in [5.74, 6) is 1.27. The Morgan fingerprint density at radius 2 is 1.63 bits per heavy atom. The first-order chi connectivity index (χ1) is 13.3. The van der Waals surface area contributed by atoms with Gasteiger partial charge < -0.3 is 4.57 Å². The minimum Gasteiger partial charge on any atom is -0.327 e. The summed E-state index contributed by atoms with van der Waals surface area (Å²) in [6.07, 6.45) is 8.11. The topological polar surface area (TPSA) is 21.1 Å². The fourth-order valence-electron chi connectivity index (χ4n) is 4.94. The van der Waals surface area contributed by atoms with Crippen LogP contribution < -0.4 is 0 Å². The van der Waals surface area contributed by atoms with E-state index in [1.165, 1.54) is 73.2 Å². The van der Waals surface area contributed by atoms with Crippen LogP contribution in [-0.4, -0.2) is 33.6 Å². The molecule has 0 unspecified atom stereocenters. The summed E-state index contributed by atoms with van der Waals surface area (Å²) >= 11 is 0. The summed E-state index contributed by atoms with van der Waals surface area (Å²) in [4.78, 5) is 7.77. The number of nitrogens with zero attached hydrogens (tertiary/aromatic N) is 3. The van der Waals surface area contributed by atoms with Crippen LogP contribution in [0.2, 0.25) is 0 Å². The maximum absolute atomic E-state index is 5.03. The van der Waals surface area contributed by atoms with Gasteiger partial charge in [-0.3, -0.25) is 4.90 Å². The predicted molar refractivity (Wildman–Crippen MR) is 112 cm³/mol. The van der Waals surface area contributed by atoms with Crippen molar-refractivity contribution in [2.45, 2.75) is 58.0 Å². The van der Waals surface area contributed by atoms with Crippen LogP contribution in [0.25, 0.3) is 22.2 Å². The molecule has 1 aliphatic heterocycles. The number of aryl methyl sites for hydroxylation is 1. The third-order valence-electron chi connectivity index (χ3n) is 6.54. The molecule has 2 aromatic carbocycles. The average Bonchev–Trinajstić information content (AvgIpc) is 2.92. The summed E-state index contributed by atoms with van der Waals surface area (Å²) < 4.78 is 2.47. The molecule has 0 N–H and O–H groups in total. The summed E-state index contributed by atoms with van der Waals surface area (Å²) in [5, 5.41) is 0. The number of imidazole rings is 1. The molecule has 1 saturated carbocycles. The highest BCUT2D eigenvalue weighted by Gasteiger charge is 2.24. The number of rotatable bonds is 2. The first kappa shape index (κ1) is 17.0. The van der Waals surface area contributed by atoms with Gasteiger partial charge in [-0.1, -0.05) is 55.2 Å². The highest BCUT2D eigenvalue weighted by atomic mass is 15.2. The molecule has 1 fully saturated rings. The van der Waals surface area contributed by atoms with Crippen molar-refractivity contribution in [2.75, 3.05) is 13.1 Å². The zero-order chi connectivity index (χ0) is 18.2. The molecular formula is C24H29N3. The second-order valence-corrected chi connectivity index (χ2v) is 8.33. The summed E-state index contributed by atoms with van der Waals surface area (Å²) in [5.41, 5.74) is 6.28. The van der Waals surface area contributed by atoms with Gasteiger partial charge >= 0.3 is 0 Å². The highest BCUT2D eigenvalue weighted by molar-refractivity contribution is 5.82. The first-order valence-corrected chi connectivity index (χ1v) is 10.6. The molecule has 2 heterocycles. The van der Waals surface area contributed by atoms with Gasteiger partial charge in [-0.25, -0.2) is 4.98 Å². The summed E-state index contributed by atoms with van der Waals surface area (Å²) in [7, 11) is 0. The lowest BCUT2D eigenvalue weighted by atomic mass is 9.94. The Kier molecular flexibility index (Phi) is 4.48. The Morgan fingerprint density at radius 1 is 0.852 bits per heavy atom. The molecule has 0 atom stereocenters. The van der Waals surface area contributed by atoms with Crippen LogP contribution in [0.15, 0.2) is 42.5 Å². The minimum absolute atomic E-state index is 0.808. The van der Waals surface area contributed by atoms with Gasteiger partial charge in [0.25, 0.3) is 0 Å². The van der Waals surface area contributed by atoms with Crippen molar-refractivity contribution in [3.05, 3.63) is 53.9 Å². The average molecular weight is 360 g/mol. The molecule has 0 saturated heterocycles. The van der Waals surface area contributed by atoms with Crippen molar-refractivity contribution in [1.29, 1.82) is 0 Å². The molecule has 140 valence electrons. The predicted octanol–water partition coefficient (Wildman–Crippen LogP) is 5.20. The van der Waals surface area contributed by atoms with Crippen LogP contribution in [0.3, 0.4) is 0 Å². The Bertz CT molecular complexity index is 932. The lowest BCUT2D eigenvalue weighted by Crippen LogP contribution is -2.38. The molecule has 3 heteroatoms. The Hall–Kier alpha value is -2.13. The van der Waals surface area contributed by atoms with Gasteiger partial charge in [0.05, 0.1) is 11.0 Å². The second-order valence-electron chi connectivity index (χ2n) is 8.33. The van der Waals surface area contributed by atoms with Gasteiger partial charge in [-0.15, -0.1) is 0 Å². The van der Waals surface area contributed by atoms with Crippen molar-refractivity contribution in [2.24, 2.45) is 0 Å². The molecule has 5 rings (SSSR count). The fourth-order valence-corrected chi connectivity index (χ4v) is 4.94. The molecule has 0 spiro atoms. The number of hydrogen-bond donors (Lipinski definition) is 0. The maximum atomic E-state index is 5.03. The second kappa shape index (κ2) is 7.12. The van der Waals surface area contributed by atoms with Crippen molar-refractivity contribution in [3.63, 3.8) is 0 Å². The number of benzene rings is 2. The molecule has 2 aliphatic rings. The monoisotopic (exact) mass is 359 g/mol. The molecule has 3 nitrogen and oxygen atoms in total. The van der Waals surface area contributed by atoms with Gasteiger partial charge in [0.2, 0.25) is 0 Å². The van der Waals surface area contributed by atoms with E-state index < -0.39 is 0 Å². The summed E-state index contributed by atoms with van der Waals surface area (Å²) in [6, 6.07) is 16.4. The largest absolute Gasteiger partial charge is 0.327 e. The van der Waals surface area contributed by atoms with E-state index in [4.69, 9.17) is 4.98 Å². The van der Waals surface area contributed by atoms with E-state index in [0.717, 1.165) is 24.5 Å². The smallest absolute Gasteiger partial charge is 0.111 e. The summed E-state index contributed by atoms with van der Waals surface area (Å²) in [6.45, 7) is 5.55. The molecular weight excluding hydrogens is 330 g/mol.